The number of rotatable bonds is 6. The highest BCUT2D eigenvalue weighted by molar-refractivity contribution is 5.40. The van der Waals surface area contributed by atoms with Gasteiger partial charge in [0.05, 0.1) is 26.4 Å². The molecule has 4 heteroatoms. The molecule has 21 heavy (non-hydrogen) atoms. The van der Waals surface area contributed by atoms with E-state index in [0.717, 1.165) is 11.1 Å². The Morgan fingerprint density at radius 2 is 1.57 bits per heavy atom. The first-order valence-corrected chi connectivity index (χ1v) is 6.84. The van der Waals surface area contributed by atoms with Crippen molar-refractivity contribution in [2.75, 3.05) is 14.2 Å². The van der Waals surface area contributed by atoms with Gasteiger partial charge in [0.1, 0.15) is 11.5 Å². The van der Waals surface area contributed by atoms with Crippen LogP contribution in [0.3, 0.4) is 0 Å². The first-order chi connectivity index (χ1) is 10.1. The third-order valence-corrected chi connectivity index (χ3v) is 3.46. The van der Waals surface area contributed by atoms with Crippen molar-refractivity contribution in [1.82, 2.24) is 0 Å². The molecule has 0 spiro atoms. The van der Waals surface area contributed by atoms with Gasteiger partial charge in [0.25, 0.3) is 0 Å². The number of benzene rings is 2. The van der Waals surface area contributed by atoms with Crippen molar-refractivity contribution < 1.29 is 14.6 Å². The Balaban J connectivity index is 2.16. The third-order valence-electron chi connectivity index (χ3n) is 3.46. The molecule has 0 aromatic heterocycles. The largest absolute Gasteiger partial charge is 0.497 e. The van der Waals surface area contributed by atoms with Gasteiger partial charge >= 0.3 is 0 Å². The van der Waals surface area contributed by atoms with Crippen molar-refractivity contribution in [2.24, 2.45) is 5.73 Å². The minimum Gasteiger partial charge on any atom is -0.497 e. The first-order valence-electron chi connectivity index (χ1n) is 6.84. The molecule has 0 unspecified atom stereocenters. The van der Waals surface area contributed by atoms with Gasteiger partial charge in [-0.15, -0.1) is 0 Å². The van der Waals surface area contributed by atoms with Crippen LogP contribution in [0.1, 0.15) is 17.2 Å². The van der Waals surface area contributed by atoms with Crippen molar-refractivity contribution in [2.45, 2.75) is 18.6 Å². The zero-order valence-corrected chi connectivity index (χ0v) is 12.3. The van der Waals surface area contributed by atoms with Crippen LogP contribution in [-0.4, -0.2) is 25.4 Å². The highest BCUT2D eigenvalue weighted by Crippen LogP contribution is 2.27. The fourth-order valence-corrected chi connectivity index (χ4v) is 2.23. The molecule has 0 aliphatic rings. The Morgan fingerprint density at radius 1 is 1.00 bits per heavy atom. The van der Waals surface area contributed by atoms with Gasteiger partial charge in [0.2, 0.25) is 0 Å². The van der Waals surface area contributed by atoms with Gasteiger partial charge in [0.15, 0.2) is 0 Å². The van der Waals surface area contributed by atoms with E-state index in [9.17, 15) is 5.11 Å². The quantitative estimate of drug-likeness (QED) is 0.855. The van der Waals surface area contributed by atoms with Gasteiger partial charge in [-0.25, -0.2) is 0 Å². The van der Waals surface area contributed by atoms with E-state index in [1.165, 1.54) is 0 Å². The number of hydrogen-bond acceptors (Lipinski definition) is 4. The Morgan fingerprint density at radius 3 is 2.10 bits per heavy atom. The predicted molar refractivity (Wildman–Crippen MR) is 82.6 cm³/mol. The Labute approximate surface area is 125 Å². The molecule has 2 rings (SSSR count). The van der Waals surface area contributed by atoms with Gasteiger partial charge in [-0.05, 0) is 23.3 Å². The molecule has 0 radical (unpaired) electrons. The second kappa shape index (κ2) is 7.11. The molecule has 0 fully saturated rings. The summed E-state index contributed by atoms with van der Waals surface area (Å²) in [6.07, 6.45) is -0.175. The van der Waals surface area contributed by atoms with Gasteiger partial charge in [-0.2, -0.15) is 0 Å². The number of methoxy groups -OCH3 is 2. The Bertz CT molecular complexity index is 549. The molecule has 0 heterocycles. The summed E-state index contributed by atoms with van der Waals surface area (Å²) in [6.45, 7) is 0. The molecule has 0 saturated carbocycles. The topological polar surface area (TPSA) is 64.7 Å². The Kier molecular flexibility index (Phi) is 5.20. The number of aliphatic hydroxyl groups is 1. The average molecular weight is 287 g/mol. The number of hydrogen-bond donors (Lipinski definition) is 2. The van der Waals surface area contributed by atoms with Crippen LogP contribution in [0.15, 0.2) is 48.5 Å². The zero-order valence-electron chi connectivity index (χ0n) is 12.3. The number of nitrogens with two attached hydrogens (primary N) is 1. The minimum atomic E-state index is -0.677. The van der Waals surface area contributed by atoms with E-state index >= 15 is 0 Å². The van der Waals surface area contributed by atoms with Crippen LogP contribution >= 0.6 is 0 Å². The van der Waals surface area contributed by atoms with E-state index in [0.29, 0.717) is 17.9 Å². The summed E-state index contributed by atoms with van der Waals surface area (Å²) in [7, 11) is 3.18. The summed E-state index contributed by atoms with van der Waals surface area (Å²) in [5, 5.41) is 10.3. The molecule has 112 valence electrons. The van der Waals surface area contributed by atoms with E-state index in [1.807, 2.05) is 42.5 Å². The summed E-state index contributed by atoms with van der Waals surface area (Å²) in [4.78, 5) is 0. The second-order valence-corrected chi connectivity index (χ2v) is 4.93. The maximum atomic E-state index is 10.3. The molecule has 0 bridgehead atoms. The summed E-state index contributed by atoms with van der Waals surface area (Å²) in [5.41, 5.74) is 8.01. The normalized spacial score (nSPS) is 13.5. The van der Waals surface area contributed by atoms with Crippen LogP contribution < -0.4 is 15.2 Å². The van der Waals surface area contributed by atoms with Gasteiger partial charge in [0, 0.05) is 12.5 Å². The van der Waals surface area contributed by atoms with Crippen LogP contribution in [0.2, 0.25) is 0 Å². The standard InChI is InChI=1S/C17H21NO3/c1-20-14-9-13(10-15(11-14)21-2)17(18)16(19)8-12-6-4-3-5-7-12/h3-7,9-11,16-17,19H,8,18H2,1-2H3/t16-,17+/m1/s1. The lowest BCUT2D eigenvalue weighted by molar-refractivity contribution is 0.145. The molecule has 2 atom stereocenters. The molecule has 2 aromatic carbocycles. The maximum Gasteiger partial charge on any atom is 0.122 e. The van der Waals surface area contributed by atoms with Crippen LogP contribution in [0.5, 0.6) is 11.5 Å². The van der Waals surface area contributed by atoms with Crippen LogP contribution in [0, 0.1) is 0 Å². The third kappa shape index (κ3) is 3.97. The monoisotopic (exact) mass is 287 g/mol. The lowest BCUT2D eigenvalue weighted by atomic mass is 9.96. The molecule has 4 nitrogen and oxygen atoms in total. The van der Waals surface area contributed by atoms with E-state index in [4.69, 9.17) is 15.2 Å². The summed E-state index contributed by atoms with van der Waals surface area (Å²) in [5.74, 6) is 1.32. The van der Waals surface area contributed by atoms with Gasteiger partial charge in [-0.3, -0.25) is 0 Å². The van der Waals surface area contributed by atoms with Crippen molar-refractivity contribution in [3.05, 3.63) is 59.7 Å². The van der Waals surface area contributed by atoms with Gasteiger partial charge in [-0.1, -0.05) is 30.3 Å². The van der Waals surface area contributed by atoms with E-state index < -0.39 is 12.1 Å². The maximum absolute atomic E-state index is 10.3. The fourth-order valence-electron chi connectivity index (χ4n) is 2.23. The summed E-state index contributed by atoms with van der Waals surface area (Å²) in [6, 6.07) is 14.7. The van der Waals surface area contributed by atoms with Crippen LogP contribution in [0.25, 0.3) is 0 Å². The smallest absolute Gasteiger partial charge is 0.122 e. The van der Waals surface area contributed by atoms with Crippen molar-refractivity contribution in [1.29, 1.82) is 0 Å². The number of aliphatic hydroxyl groups excluding tert-OH is 1. The number of ether oxygens (including phenoxy) is 2. The highest BCUT2D eigenvalue weighted by atomic mass is 16.5. The molecule has 0 amide bonds. The molecular weight excluding hydrogens is 266 g/mol. The lowest BCUT2D eigenvalue weighted by Gasteiger charge is -2.20. The summed E-state index contributed by atoms with van der Waals surface area (Å²) >= 11 is 0. The fraction of sp³-hybridized carbons (Fsp3) is 0.294. The van der Waals surface area contributed by atoms with Crippen LogP contribution in [0.4, 0.5) is 0 Å². The van der Waals surface area contributed by atoms with Crippen molar-refractivity contribution >= 4 is 0 Å². The predicted octanol–water partition coefficient (Wildman–Crippen LogP) is 2.31. The van der Waals surface area contributed by atoms with Crippen molar-refractivity contribution in [3.63, 3.8) is 0 Å². The van der Waals surface area contributed by atoms with E-state index in [1.54, 1.807) is 20.3 Å². The van der Waals surface area contributed by atoms with E-state index in [-0.39, 0.29) is 0 Å². The Hall–Kier alpha value is -2.04. The molecule has 0 aliphatic heterocycles. The minimum absolute atomic E-state index is 0.502. The second-order valence-electron chi connectivity index (χ2n) is 4.93. The van der Waals surface area contributed by atoms with Crippen molar-refractivity contribution in [3.8, 4) is 11.5 Å². The van der Waals surface area contributed by atoms with Crippen LogP contribution in [-0.2, 0) is 6.42 Å². The van der Waals surface area contributed by atoms with Gasteiger partial charge < -0.3 is 20.3 Å². The first kappa shape index (κ1) is 15.4. The molecule has 0 aliphatic carbocycles. The lowest BCUT2D eigenvalue weighted by Crippen LogP contribution is -2.28. The SMILES string of the molecule is COc1cc(OC)cc([C@H](N)[C@H](O)Cc2ccccc2)c1. The average Bonchev–Trinajstić information content (AvgIpc) is 2.54. The zero-order chi connectivity index (χ0) is 15.2. The summed E-state index contributed by atoms with van der Waals surface area (Å²) < 4.78 is 10.5. The molecule has 0 saturated heterocycles. The van der Waals surface area contributed by atoms with E-state index in [2.05, 4.69) is 0 Å². The molecule has 3 N–H and O–H groups in total. The molecular formula is C17H21NO3. The highest BCUT2D eigenvalue weighted by Gasteiger charge is 2.19. The molecule has 2 aromatic rings.